The lowest BCUT2D eigenvalue weighted by Crippen LogP contribution is -2.51. The lowest BCUT2D eigenvalue weighted by molar-refractivity contribution is -0.138. The number of carboxylic acid groups (broad SMARTS) is 1. The third kappa shape index (κ3) is 16.6. The zero-order valence-corrected chi connectivity index (χ0v) is 49.7. The molecule has 1 aliphatic carbocycles. The van der Waals surface area contributed by atoms with E-state index < -0.39 is 58.8 Å². The number of benzene rings is 4. The number of likely N-dealkylation sites (tertiary alicyclic amines) is 1. The molecule has 1 unspecified atom stereocenters. The summed E-state index contributed by atoms with van der Waals surface area (Å²) in [5.74, 6) is -0.821. The second kappa shape index (κ2) is 27.5. The van der Waals surface area contributed by atoms with E-state index in [2.05, 4.69) is 48.9 Å². The molecule has 4 aliphatic heterocycles. The summed E-state index contributed by atoms with van der Waals surface area (Å²) >= 11 is 7.80. The van der Waals surface area contributed by atoms with Crippen LogP contribution in [0.4, 0.5) is 24.5 Å². The van der Waals surface area contributed by atoms with Crippen molar-refractivity contribution in [2.75, 3.05) is 140 Å². The highest BCUT2D eigenvalue weighted by molar-refractivity contribution is 7.99. The predicted molar refractivity (Wildman–Crippen MR) is 316 cm³/mol. The van der Waals surface area contributed by atoms with Crippen LogP contribution in [0.3, 0.4) is 0 Å². The Bertz CT molecular complexity index is 3060. The Balaban J connectivity index is 0.806. The minimum absolute atomic E-state index is 0.0118. The Hall–Kier alpha value is -4.75. The van der Waals surface area contributed by atoms with Crippen LogP contribution in [-0.2, 0) is 29.4 Å². The number of rotatable bonds is 22. The zero-order valence-electron chi connectivity index (χ0n) is 46.5. The lowest BCUT2D eigenvalue weighted by atomic mass is 9.71. The number of allylic oxidation sites excluding steroid dienone is 1. The van der Waals surface area contributed by atoms with E-state index in [1.807, 2.05) is 52.1 Å². The van der Waals surface area contributed by atoms with Crippen LogP contribution in [0.2, 0.25) is 5.02 Å². The van der Waals surface area contributed by atoms with E-state index in [4.69, 9.17) is 16.3 Å². The van der Waals surface area contributed by atoms with E-state index in [1.54, 1.807) is 12.1 Å². The lowest BCUT2D eigenvalue weighted by Gasteiger charge is -2.45. The number of sulfone groups is 1. The maximum atomic E-state index is 14.3. The summed E-state index contributed by atoms with van der Waals surface area (Å²) in [6.07, 6.45) is 5.58. The van der Waals surface area contributed by atoms with Crippen LogP contribution < -0.4 is 14.9 Å². The molecule has 4 aromatic rings. The first-order chi connectivity index (χ1) is 39.2. The summed E-state index contributed by atoms with van der Waals surface area (Å²) < 4.78 is 104. The topological polar surface area (TPSA) is 175 Å². The molecule has 82 heavy (non-hydrogen) atoms. The maximum Gasteiger partial charge on any atom is 0.501 e. The third-order valence-corrected chi connectivity index (χ3v) is 21.0. The fourth-order valence-electron chi connectivity index (χ4n) is 12.1. The molecule has 0 aromatic heterocycles. The van der Waals surface area contributed by atoms with E-state index in [-0.39, 0.29) is 17.5 Å². The Kier molecular flexibility index (Phi) is 20.7. The van der Waals surface area contributed by atoms with Crippen LogP contribution in [0.25, 0.3) is 5.57 Å². The highest BCUT2D eigenvalue weighted by Crippen LogP contribution is 2.44. The highest BCUT2D eigenvalue weighted by Gasteiger charge is 2.49. The number of aliphatic carboxylic acids is 1. The first kappa shape index (κ1) is 61.8. The van der Waals surface area contributed by atoms with Gasteiger partial charge in [-0.3, -0.25) is 24.3 Å². The molecule has 4 aromatic carbocycles. The van der Waals surface area contributed by atoms with E-state index in [1.165, 1.54) is 40.6 Å². The maximum absolute atomic E-state index is 14.3. The smallest absolute Gasteiger partial charge is 0.480 e. The number of amides is 1. The van der Waals surface area contributed by atoms with Gasteiger partial charge in [0.05, 0.1) is 30.3 Å². The van der Waals surface area contributed by atoms with Crippen LogP contribution in [0.15, 0.2) is 117 Å². The SMILES string of the molecule is CC1(CN2CCN(CC3CCN(CC(=O)O)CC3)CC2)CCC(c2ccc(Cl)cc2)=C(CN2CCN(c3ccc(C(=O)NS(=O)(=O)c4ccc(N[C@H](CCN5CCOCC5)CSc5ccccc5)c(S(=O)(=O)C(F)(F)F)c4)cc3)CC2)C1. The van der Waals surface area contributed by atoms with Crippen molar-refractivity contribution >= 4 is 72.0 Å². The number of nitrogens with one attached hydrogen (secondary N) is 2. The largest absolute Gasteiger partial charge is 0.501 e. The molecule has 3 N–H and O–H groups in total. The minimum Gasteiger partial charge on any atom is -0.480 e. The van der Waals surface area contributed by atoms with Crippen LogP contribution in [0.5, 0.6) is 0 Å². The van der Waals surface area contributed by atoms with Gasteiger partial charge in [0.25, 0.3) is 25.8 Å². The first-order valence-corrected chi connectivity index (χ1v) is 32.7. The Morgan fingerprint density at radius 3 is 2.11 bits per heavy atom. The number of halogens is 4. The number of anilines is 2. The van der Waals surface area contributed by atoms with Crippen LogP contribution >= 0.6 is 23.4 Å². The van der Waals surface area contributed by atoms with Crippen LogP contribution in [0.1, 0.15) is 61.4 Å². The van der Waals surface area contributed by atoms with Gasteiger partial charge in [0, 0.05) is 125 Å². The van der Waals surface area contributed by atoms with E-state index >= 15 is 0 Å². The van der Waals surface area contributed by atoms with Crippen molar-refractivity contribution in [2.24, 2.45) is 11.3 Å². The number of hydrogen-bond donors (Lipinski definition) is 3. The van der Waals surface area contributed by atoms with E-state index in [0.29, 0.717) is 75.1 Å². The predicted octanol–water partition coefficient (Wildman–Crippen LogP) is 8.23. The van der Waals surface area contributed by atoms with Gasteiger partial charge in [-0.25, -0.2) is 21.6 Å². The molecule has 2 atom stereocenters. The standard InChI is InChI=1S/C59H76ClF3N8O8S3/c1-58(43-70-27-25-68(26-28-70)39-44-18-22-67(23-19-44)41-56(72)73)21-17-53(45-7-11-48(60)12-8-45)47(38-58)40-69-29-31-71(32-30-69)50-13-9-46(10-14-50)57(74)65-82(77,78)52-15-16-54(55(37-52)81(75,76)59(61,62)63)64-49(20-24-66-33-35-79-36-34-66)42-80-51-5-3-2-4-6-51/h2-16,37,44,49,64H,17-36,38-43H2,1H3,(H,65,74)(H,72,73)/t49-,58?/m1/s1. The van der Waals surface area contributed by atoms with Crippen molar-refractivity contribution in [1.29, 1.82) is 0 Å². The monoisotopic (exact) mass is 1210 g/mol. The number of thioether (sulfide) groups is 1. The summed E-state index contributed by atoms with van der Waals surface area (Å²) in [5.41, 5.74) is -1.19. The minimum atomic E-state index is -6.08. The molecule has 16 nitrogen and oxygen atoms in total. The average Bonchev–Trinajstić information content (AvgIpc) is 3.09. The molecule has 446 valence electrons. The molecule has 0 radical (unpaired) electrons. The summed E-state index contributed by atoms with van der Waals surface area (Å²) in [6.45, 7) is 17.3. The molecule has 4 saturated heterocycles. The van der Waals surface area contributed by atoms with Gasteiger partial charge >= 0.3 is 11.5 Å². The fourth-order valence-corrected chi connectivity index (χ4v) is 15.2. The van der Waals surface area contributed by atoms with Crippen molar-refractivity contribution < 1.29 is 49.4 Å². The van der Waals surface area contributed by atoms with Gasteiger partial charge in [-0.2, -0.15) is 13.2 Å². The van der Waals surface area contributed by atoms with Crippen molar-refractivity contribution in [1.82, 2.24) is 29.2 Å². The number of alkyl halides is 3. The molecule has 1 amide bonds. The molecule has 4 heterocycles. The van der Waals surface area contributed by atoms with Crippen molar-refractivity contribution in [2.45, 2.75) is 71.7 Å². The van der Waals surface area contributed by atoms with Crippen LogP contribution in [-0.4, -0.2) is 200 Å². The number of piperazine rings is 2. The second-order valence-corrected chi connectivity index (χ2v) is 27.9. The molecule has 9 rings (SSSR count). The second-order valence-electron chi connectivity index (χ2n) is 22.8. The quantitative estimate of drug-likeness (QED) is 0.0642. The summed E-state index contributed by atoms with van der Waals surface area (Å²) in [6, 6.07) is 25.9. The molecule has 5 aliphatic rings. The van der Waals surface area contributed by atoms with Gasteiger partial charge in [0.1, 0.15) is 4.90 Å². The van der Waals surface area contributed by atoms with Crippen LogP contribution in [0, 0.1) is 11.3 Å². The number of nitrogens with zero attached hydrogens (tertiary/aromatic N) is 6. The summed E-state index contributed by atoms with van der Waals surface area (Å²) in [5, 5.41) is 12.9. The summed E-state index contributed by atoms with van der Waals surface area (Å²) in [7, 11) is -11.0. The fraction of sp³-hybridized carbons (Fsp3) is 0.525. The molecule has 0 spiro atoms. The molecule has 0 bridgehead atoms. The van der Waals surface area contributed by atoms with Gasteiger partial charge in [-0.15, -0.1) is 11.8 Å². The van der Waals surface area contributed by atoms with E-state index in [9.17, 15) is 44.7 Å². The molecule has 0 saturated carbocycles. The van der Waals surface area contributed by atoms with Crippen molar-refractivity contribution in [3.05, 3.63) is 119 Å². The number of carboxylic acids is 1. The highest BCUT2D eigenvalue weighted by atomic mass is 35.5. The van der Waals surface area contributed by atoms with Crippen molar-refractivity contribution in [3.63, 3.8) is 0 Å². The molecular weight excluding hydrogens is 1140 g/mol. The summed E-state index contributed by atoms with van der Waals surface area (Å²) in [4.78, 5) is 37.7. The Morgan fingerprint density at radius 1 is 0.793 bits per heavy atom. The number of ether oxygens (including phenoxy) is 1. The number of carbonyl (C=O) groups is 2. The van der Waals surface area contributed by atoms with Gasteiger partial charge in [0.15, 0.2) is 0 Å². The average molecular weight is 1210 g/mol. The van der Waals surface area contributed by atoms with Gasteiger partial charge in [-0.1, -0.05) is 54.4 Å². The Labute approximate surface area is 490 Å². The number of sulfonamides is 1. The van der Waals surface area contributed by atoms with Crippen molar-refractivity contribution in [3.8, 4) is 0 Å². The van der Waals surface area contributed by atoms with Gasteiger partial charge in [0.2, 0.25) is 0 Å². The third-order valence-electron chi connectivity index (χ3n) is 16.7. The number of hydrogen-bond acceptors (Lipinski definition) is 15. The Morgan fingerprint density at radius 2 is 1.45 bits per heavy atom. The number of piperidine rings is 1. The first-order valence-electron chi connectivity index (χ1n) is 28.4. The molecule has 4 fully saturated rings. The molecule has 23 heteroatoms. The normalized spacial score (nSPS) is 21.4. The molecular formula is C59H76ClF3N8O8S3. The van der Waals surface area contributed by atoms with E-state index in [0.717, 1.165) is 127 Å². The number of morpholine rings is 1. The van der Waals surface area contributed by atoms with Gasteiger partial charge in [-0.05, 0) is 141 Å². The zero-order chi connectivity index (χ0) is 58.1. The number of carbonyl (C=O) groups excluding carboxylic acids is 1. The van der Waals surface area contributed by atoms with Gasteiger partial charge < -0.3 is 29.9 Å².